The highest BCUT2D eigenvalue weighted by atomic mass is 32.1. The first-order valence-electron chi connectivity index (χ1n) is 9.67. The Bertz CT molecular complexity index is 1160. The highest BCUT2D eigenvalue weighted by molar-refractivity contribution is 7.21. The summed E-state index contributed by atoms with van der Waals surface area (Å²) in [5.41, 5.74) is 1.79. The van der Waals surface area contributed by atoms with Gasteiger partial charge in [-0.2, -0.15) is 0 Å². The summed E-state index contributed by atoms with van der Waals surface area (Å²) in [4.78, 5) is 25.7. The summed E-state index contributed by atoms with van der Waals surface area (Å²) in [6.45, 7) is 2.83. The molecule has 7 heteroatoms. The zero-order chi connectivity index (χ0) is 20.9. The number of nitrogens with zero attached hydrogens (tertiary/aromatic N) is 3. The maximum absolute atomic E-state index is 12.7. The highest BCUT2D eigenvalue weighted by Gasteiger charge is 2.18. The molecule has 0 aliphatic heterocycles. The highest BCUT2D eigenvalue weighted by Crippen LogP contribution is 2.36. The Kier molecular flexibility index (Phi) is 5.90. The van der Waals surface area contributed by atoms with Crippen molar-refractivity contribution in [3.63, 3.8) is 0 Å². The number of rotatable bonds is 7. The van der Waals surface area contributed by atoms with Crippen LogP contribution in [-0.2, 0) is 4.79 Å². The van der Waals surface area contributed by atoms with Crippen molar-refractivity contribution in [2.75, 3.05) is 30.4 Å². The van der Waals surface area contributed by atoms with Gasteiger partial charge in [-0.3, -0.25) is 4.79 Å². The van der Waals surface area contributed by atoms with Crippen LogP contribution in [0.5, 0.6) is 5.75 Å². The Morgan fingerprint density at radius 2 is 1.87 bits per heavy atom. The molecule has 0 bridgehead atoms. The van der Waals surface area contributed by atoms with Gasteiger partial charge in [0.05, 0.1) is 24.7 Å². The maximum Gasteiger partial charge on any atom is 0.244 e. The lowest BCUT2D eigenvalue weighted by molar-refractivity contribution is -0.115. The minimum atomic E-state index is -0.133. The molecule has 0 fully saturated rings. The van der Waals surface area contributed by atoms with Crippen molar-refractivity contribution < 1.29 is 9.53 Å². The van der Waals surface area contributed by atoms with Crippen LogP contribution in [0.2, 0.25) is 0 Å². The number of methoxy groups -OCH3 is 1. The normalized spacial score (nSPS) is 10.7. The lowest BCUT2D eigenvalue weighted by Crippen LogP contribution is -2.33. The van der Waals surface area contributed by atoms with E-state index < -0.39 is 0 Å². The molecule has 0 spiro atoms. The lowest BCUT2D eigenvalue weighted by atomic mass is 10.2. The number of para-hydroxylation sites is 2. The van der Waals surface area contributed by atoms with Crippen molar-refractivity contribution in [3.05, 3.63) is 67.0 Å². The molecule has 0 aliphatic rings. The minimum Gasteiger partial charge on any atom is -0.495 e. The van der Waals surface area contributed by atoms with Crippen LogP contribution < -0.4 is 15.0 Å². The SMILES string of the molecule is CCN(CC(=O)Nc1ccccc1OC)c1ncnc2sc(-c3ccccc3)cc12. The largest absolute Gasteiger partial charge is 0.495 e. The van der Waals surface area contributed by atoms with Gasteiger partial charge in [-0.1, -0.05) is 42.5 Å². The fourth-order valence-corrected chi connectivity index (χ4v) is 4.29. The number of hydrogen-bond donors (Lipinski definition) is 1. The summed E-state index contributed by atoms with van der Waals surface area (Å²) in [6, 6.07) is 19.7. The summed E-state index contributed by atoms with van der Waals surface area (Å²) in [5, 5.41) is 3.88. The third-order valence-corrected chi connectivity index (χ3v) is 5.86. The monoisotopic (exact) mass is 418 g/mol. The molecule has 1 N–H and O–H groups in total. The zero-order valence-electron chi connectivity index (χ0n) is 16.8. The predicted octanol–water partition coefficient (Wildman–Crippen LogP) is 4.83. The Morgan fingerprint density at radius 1 is 1.10 bits per heavy atom. The molecule has 4 rings (SSSR count). The number of carbonyl (C=O) groups excluding carboxylic acids is 1. The van der Waals surface area contributed by atoms with Crippen molar-refractivity contribution in [2.24, 2.45) is 0 Å². The van der Waals surface area contributed by atoms with Crippen molar-refractivity contribution in [3.8, 4) is 16.2 Å². The third-order valence-electron chi connectivity index (χ3n) is 4.76. The molecule has 0 aliphatic carbocycles. The average molecular weight is 419 g/mol. The number of likely N-dealkylation sites (N-methyl/N-ethyl adjacent to an activating group) is 1. The summed E-state index contributed by atoms with van der Waals surface area (Å²) < 4.78 is 5.32. The molecular weight excluding hydrogens is 396 g/mol. The predicted molar refractivity (Wildman–Crippen MR) is 122 cm³/mol. The first-order valence-corrected chi connectivity index (χ1v) is 10.5. The fourth-order valence-electron chi connectivity index (χ4n) is 3.29. The van der Waals surface area contributed by atoms with E-state index in [4.69, 9.17) is 4.74 Å². The Balaban J connectivity index is 1.60. The number of aromatic nitrogens is 2. The van der Waals surface area contributed by atoms with Crippen LogP contribution in [0.25, 0.3) is 20.7 Å². The minimum absolute atomic E-state index is 0.133. The van der Waals surface area contributed by atoms with E-state index in [2.05, 4.69) is 33.5 Å². The van der Waals surface area contributed by atoms with Crippen molar-refractivity contribution in [1.29, 1.82) is 0 Å². The van der Waals surface area contributed by atoms with Gasteiger partial charge in [0.15, 0.2) is 0 Å². The molecule has 4 aromatic rings. The first kappa shape index (κ1) is 19.8. The molecule has 2 aromatic carbocycles. The zero-order valence-corrected chi connectivity index (χ0v) is 17.6. The van der Waals surface area contributed by atoms with Crippen molar-refractivity contribution in [1.82, 2.24) is 9.97 Å². The van der Waals surface area contributed by atoms with E-state index >= 15 is 0 Å². The van der Waals surface area contributed by atoms with Crippen molar-refractivity contribution in [2.45, 2.75) is 6.92 Å². The van der Waals surface area contributed by atoms with Gasteiger partial charge in [0, 0.05) is 11.4 Å². The molecule has 0 radical (unpaired) electrons. The number of fused-ring (bicyclic) bond motifs is 1. The maximum atomic E-state index is 12.7. The summed E-state index contributed by atoms with van der Waals surface area (Å²) in [7, 11) is 1.59. The first-order chi connectivity index (χ1) is 14.7. The number of benzene rings is 2. The van der Waals surface area contributed by atoms with Crippen LogP contribution in [0.15, 0.2) is 67.0 Å². The summed E-state index contributed by atoms with van der Waals surface area (Å²) in [6.07, 6.45) is 1.56. The number of nitrogens with one attached hydrogen (secondary N) is 1. The average Bonchev–Trinajstić information content (AvgIpc) is 3.23. The molecule has 0 atom stereocenters. The van der Waals surface area contributed by atoms with Gasteiger partial charge in [0.2, 0.25) is 5.91 Å². The van der Waals surface area contributed by atoms with Crippen LogP contribution in [0.3, 0.4) is 0 Å². The molecule has 0 saturated carbocycles. The van der Waals surface area contributed by atoms with Crippen LogP contribution in [0.4, 0.5) is 11.5 Å². The van der Waals surface area contributed by atoms with E-state index in [1.54, 1.807) is 24.8 Å². The number of carbonyl (C=O) groups is 1. The van der Waals surface area contributed by atoms with Gasteiger partial charge < -0.3 is 15.0 Å². The van der Waals surface area contributed by atoms with E-state index in [0.717, 1.165) is 26.5 Å². The molecule has 30 heavy (non-hydrogen) atoms. The second kappa shape index (κ2) is 8.92. The standard InChI is InChI=1S/C23H22N4O2S/c1-3-27(14-21(28)26-18-11-7-8-12-19(18)29-2)22-17-13-20(16-9-5-4-6-10-16)30-23(17)25-15-24-22/h4-13,15H,3,14H2,1-2H3,(H,26,28). The van der Waals surface area contributed by atoms with E-state index in [1.165, 1.54) is 0 Å². The van der Waals surface area contributed by atoms with E-state index in [9.17, 15) is 4.79 Å². The van der Waals surface area contributed by atoms with Crippen LogP contribution in [0.1, 0.15) is 6.92 Å². The van der Waals surface area contributed by atoms with E-state index in [0.29, 0.717) is 18.0 Å². The van der Waals surface area contributed by atoms with Gasteiger partial charge in [-0.05, 0) is 30.7 Å². The Morgan fingerprint density at radius 3 is 2.63 bits per heavy atom. The topological polar surface area (TPSA) is 67.4 Å². The lowest BCUT2D eigenvalue weighted by Gasteiger charge is -2.22. The van der Waals surface area contributed by atoms with Gasteiger partial charge in [-0.15, -0.1) is 11.3 Å². The van der Waals surface area contributed by atoms with Crippen LogP contribution in [0, 0.1) is 0 Å². The smallest absolute Gasteiger partial charge is 0.244 e. The number of hydrogen-bond acceptors (Lipinski definition) is 6. The van der Waals surface area contributed by atoms with Gasteiger partial charge >= 0.3 is 0 Å². The molecule has 0 unspecified atom stereocenters. The van der Waals surface area contributed by atoms with Gasteiger partial charge in [0.1, 0.15) is 22.7 Å². The molecular formula is C23H22N4O2S. The molecule has 0 saturated heterocycles. The number of amides is 1. The number of ether oxygens (including phenoxy) is 1. The fraction of sp³-hybridized carbons (Fsp3) is 0.174. The third kappa shape index (κ3) is 4.11. The van der Waals surface area contributed by atoms with Gasteiger partial charge in [0.25, 0.3) is 0 Å². The molecule has 1 amide bonds. The molecule has 2 heterocycles. The molecule has 6 nitrogen and oxygen atoms in total. The van der Waals surface area contributed by atoms with E-state index in [1.807, 2.05) is 54.3 Å². The quantitative estimate of drug-likeness (QED) is 0.466. The molecule has 2 aromatic heterocycles. The Labute approximate surface area is 179 Å². The Hall–Kier alpha value is -3.45. The summed E-state index contributed by atoms with van der Waals surface area (Å²) in [5.74, 6) is 1.26. The van der Waals surface area contributed by atoms with Gasteiger partial charge in [-0.25, -0.2) is 9.97 Å². The van der Waals surface area contributed by atoms with Crippen molar-refractivity contribution >= 4 is 39.0 Å². The number of anilines is 2. The second-order valence-corrected chi connectivity index (χ2v) is 7.69. The second-order valence-electron chi connectivity index (χ2n) is 6.66. The number of thiophene rings is 1. The summed E-state index contributed by atoms with van der Waals surface area (Å²) >= 11 is 1.62. The molecule has 152 valence electrons. The van der Waals surface area contributed by atoms with Crippen LogP contribution in [-0.4, -0.2) is 36.1 Å². The van der Waals surface area contributed by atoms with E-state index in [-0.39, 0.29) is 12.5 Å². The van der Waals surface area contributed by atoms with Crippen LogP contribution >= 0.6 is 11.3 Å².